The number of alkyl halides is 3. The molecule has 102 valence electrons. The molecule has 0 unspecified atom stereocenters. The maximum atomic E-state index is 11.7. The molecule has 18 heavy (non-hydrogen) atoms. The van der Waals surface area contributed by atoms with Gasteiger partial charge in [0.15, 0.2) is 5.13 Å². The topological polar surface area (TPSA) is 51.2 Å². The molecule has 1 rings (SSSR count). The molecule has 1 N–H and O–H groups in total. The summed E-state index contributed by atoms with van der Waals surface area (Å²) in [7, 11) is 0. The SMILES string of the molecule is CCc1cnc(NC(=O)CCOCC(F)(F)F)s1. The third-order valence-electron chi connectivity index (χ3n) is 1.89. The first-order chi connectivity index (χ1) is 8.40. The van der Waals surface area contributed by atoms with Crippen molar-refractivity contribution in [3.05, 3.63) is 11.1 Å². The number of nitrogens with zero attached hydrogens (tertiary/aromatic N) is 1. The van der Waals surface area contributed by atoms with Crippen molar-refractivity contribution in [3.63, 3.8) is 0 Å². The van der Waals surface area contributed by atoms with Gasteiger partial charge < -0.3 is 10.1 Å². The van der Waals surface area contributed by atoms with Crippen molar-refractivity contribution in [1.29, 1.82) is 0 Å². The Morgan fingerprint density at radius 3 is 2.83 bits per heavy atom. The van der Waals surface area contributed by atoms with E-state index >= 15 is 0 Å². The van der Waals surface area contributed by atoms with Crippen LogP contribution in [0.1, 0.15) is 18.2 Å². The van der Waals surface area contributed by atoms with Crippen molar-refractivity contribution in [2.45, 2.75) is 25.9 Å². The van der Waals surface area contributed by atoms with Crippen molar-refractivity contribution in [3.8, 4) is 0 Å². The lowest BCUT2D eigenvalue weighted by molar-refractivity contribution is -0.174. The summed E-state index contributed by atoms with van der Waals surface area (Å²) in [5.74, 6) is -0.408. The van der Waals surface area contributed by atoms with Crippen molar-refractivity contribution in [1.82, 2.24) is 4.98 Å². The maximum Gasteiger partial charge on any atom is 0.411 e. The number of halogens is 3. The second-order valence-electron chi connectivity index (χ2n) is 3.45. The molecule has 0 saturated heterocycles. The fourth-order valence-corrected chi connectivity index (χ4v) is 1.83. The van der Waals surface area contributed by atoms with Crippen LogP contribution in [0.2, 0.25) is 0 Å². The monoisotopic (exact) mass is 282 g/mol. The standard InChI is InChI=1S/C10H13F3N2O2S/c1-2-7-5-14-9(18-7)15-8(16)3-4-17-6-10(11,12)13/h5H,2-4,6H2,1H3,(H,14,15,16). The van der Waals surface area contributed by atoms with Gasteiger partial charge in [0, 0.05) is 11.1 Å². The first-order valence-electron chi connectivity index (χ1n) is 5.29. The maximum absolute atomic E-state index is 11.7. The largest absolute Gasteiger partial charge is 0.411 e. The minimum atomic E-state index is -4.36. The molecule has 0 fully saturated rings. The Labute approximate surface area is 106 Å². The van der Waals surface area contributed by atoms with Crippen LogP contribution in [0.15, 0.2) is 6.20 Å². The van der Waals surface area contributed by atoms with Gasteiger partial charge in [-0.05, 0) is 6.42 Å². The quantitative estimate of drug-likeness (QED) is 0.816. The van der Waals surface area contributed by atoms with E-state index in [4.69, 9.17) is 0 Å². The van der Waals surface area contributed by atoms with E-state index in [1.165, 1.54) is 11.3 Å². The molecule has 0 bridgehead atoms. The molecule has 0 saturated carbocycles. The Hall–Kier alpha value is -1.15. The highest BCUT2D eigenvalue weighted by Crippen LogP contribution is 2.18. The summed E-state index contributed by atoms with van der Waals surface area (Å²) in [4.78, 5) is 16.3. The molecule has 0 aliphatic rings. The molecule has 0 aromatic carbocycles. The number of rotatable bonds is 6. The van der Waals surface area contributed by atoms with Gasteiger partial charge in [0.25, 0.3) is 0 Å². The van der Waals surface area contributed by atoms with E-state index in [0.29, 0.717) is 5.13 Å². The van der Waals surface area contributed by atoms with Crippen molar-refractivity contribution in [2.75, 3.05) is 18.5 Å². The Morgan fingerprint density at radius 1 is 1.56 bits per heavy atom. The average molecular weight is 282 g/mol. The molecule has 4 nitrogen and oxygen atoms in total. The Morgan fingerprint density at radius 2 is 2.28 bits per heavy atom. The summed E-state index contributed by atoms with van der Waals surface area (Å²) in [6.45, 7) is 0.360. The molecule has 1 amide bonds. The van der Waals surface area contributed by atoms with Crippen LogP contribution >= 0.6 is 11.3 Å². The molecule has 1 aromatic heterocycles. The second kappa shape index (κ2) is 6.69. The van der Waals surface area contributed by atoms with Crippen LogP contribution in [-0.2, 0) is 16.0 Å². The molecule has 0 atom stereocenters. The number of aryl methyl sites for hydroxylation is 1. The van der Waals surface area contributed by atoms with Gasteiger partial charge in [-0.15, -0.1) is 11.3 Å². The number of hydrogen-bond acceptors (Lipinski definition) is 4. The van der Waals surface area contributed by atoms with Gasteiger partial charge in [-0.3, -0.25) is 4.79 Å². The molecule has 0 aliphatic carbocycles. The van der Waals surface area contributed by atoms with Crippen LogP contribution in [0.25, 0.3) is 0 Å². The lowest BCUT2D eigenvalue weighted by atomic mass is 10.4. The molecule has 1 aromatic rings. The predicted octanol–water partition coefficient (Wildman–Crippen LogP) is 2.61. The number of thiazole rings is 1. The van der Waals surface area contributed by atoms with Crippen molar-refractivity contribution >= 4 is 22.4 Å². The fraction of sp³-hybridized carbons (Fsp3) is 0.600. The summed E-state index contributed by atoms with van der Waals surface area (Å²) >= 11 is 1.34. The molecular formula is C10H13F3N2O2S. The van der Waals surface area contributed by atoms with E-state index < -0.39 is 18.7 Å². The summed E-state index contributed by atoms with van der Waals surface area (Å²) in [6.07, 6.45) is -2.01. The summed E-state index contributed by atoms with van der Waals surface area (Å²) < 4.78 is 39.5. The fourth-order valence-electron chi connectivity index (χ4n) is 1.06. The minimum absolute atomic E-state index is 0.128. The predicted molar refractivity (Wildman–Crippen MR) is 61.6 cm³/mol. The van der Waals surface area contributed by atoms with E-state index in [1.54, 1.807) is 6.20 Å². The second-order valence-corrected chi connectivity index (χ2v) is 4.57. The van der Waals surface area contributed by atoms with E-state index in [2.05, 4.69) is 15.0 Å². The zero-order valence-electron chi connectivity index (χ0n) is 9.71. The van der Waals surface area contributed by atoms with E-state index in [0.717, 1.165) is 11.3 Å². The summed E-state index contributed by atoms with van der Waals surface area (Å²) in [5.41, 5.74) is 0. The van der Waals surface area contributed by atoms with Crippen LogP contribution in [0, 0.1) is 0 Å². The zero-order valence-corrected chi connectivity index (χ0v) is 10.5. The smallest absolute Gasteiger partial charge is 0.372 e. The Bertz CT molecular complexity index is 393. The van der Waals surface area contributed by atoms with Crippen LogP contribution < -0.4 is 5.32 Å². The normalized spacial score (nSPS) is 11.6. The van der Waals surface area contributed by atoms with Crippen LogP contribution in [0.5, 0.6) is 0 Å². The molecule has 8 heteroatoms. The zero-order chi connectivity index (χ0) is 13.6. The van der Waals surface area contributed by atoms with Crippen molar-refractivity contribution in [2.24, 2.45) is 0 Å². The van der Waals surface area contributed by atoms with E-state index in [-0.39, 0.29) is 13.0 Å². The van der Waals surface area contributed by atoms with Gasteiger partial charge in [-0.2, -0.15) is 13.2 Å². The number of carbonyl (C=O) groups is 1. The summed E-state index contributed by atoms with van der Waals surface area (Å²) in [5, 5.41) is 2.95. The first-order valence-corrected chi connectivity index (χ1v) is 6.11. The third-order valence-corrected chi connectivity index (χ3v) is 2.94. The van der Waals surface area contributed by atoms with Crippen LogP contribution in [-0.4, -0.2) is 30.3 Å². The molecule has 0 spiro atoms. The van der Waals surface area contributed by atoms with E-state index in [9.17, 15) is 18.0 Å². The lowest BCUT2D eigenvalue weighted by Crippen LogP contribution is -2.20. The van der Waals surface area contributed by atoms with Crippen LogP contribution in [0.4, 0.5) is 18.3 Å². The number of aromatic nitrogens is 1. The number of nitrogens with one attached hydrogen (secondary N) is 1. The molecular weight excluding hydrogens is 269 g/mol. The van der Waals surface area contributed by atoms with Crippen molar-refractivity contribution < 1.29 is 22.7 Å². The summed E-state index contributed by atoms with van der Waals surface area (Å²) in [6, 6.07) is 0. The van der Waals surface area contributed by atoms with Gasteiger partial charge in [0.1, 0.15) is 6.61 Å². The number of amides is 1. The van der Waals surface area contributed by atoms with Gasteiger partial charge in [0.05, 0.1) is 13.0 Å². The van der Waals surface area contributed by atoms with Gasteiger partial charge >= 0.3 is 6.18 Å². The average Bonchev–Trinajstić information content (AvgIpc) is 2.71. The third kappa shape index (κ3) is 5.97. The number of ether oxygens (including phenoxy) is 1. The first kappa shape index (κ1) is 14.9. The Kier molecular flexibility index (Phi) is 5.54. The molecule has 1 heterocycles. The number of anilines is 1. The number of carbonyl (C=O) groups excluding carboxylic acids is 1. The van der Waals surface area contributed by atoms with E-state index in [1.807, 2.05) is 6.92 Å². The highest BCUT2D eigenvalue weighted by atomic mass is 32.1. The minimum Gasteiger partial charge on any atom is -0.372 e. The molecule has 0 radical (unpaired) electrons. The van der Waals surface area contributed by atoms with Gasteiger partial charge in [-0.25, -0.2) is 4.98 Å². The number of hydrogen-bond donors (Lipinski definition) is 1. The highest BCUT2D eigenvalue weighted by molar-refractivity contribution is 7.15. The van der Waals surface area contributed by atoms with Crippen LogP contribution in [0.3, 0.4) is 0 Å². The Balaban J connectivity index is 2.21. The van der Waals surface area contributed by atoms with Gasteiger partial charge in [0.2, 0.25) is 5.91 Å². The highest BCUT2D eigenvalue weighted by Gasteiger charge is 2.27. The lowest BCUT2D eigenvalue weighted by Gasteiger charge is -2.07. The molecule has 0 aliphatic heterocycles. The van der Waals surface area contributed by atoms with Gasteiger partial charge in [-0.1, -0.05) is 6.92 Å².